The normalized spacial score (nSPS) is 11.3. The summed E-state index contributed by atoms with van der Waals surface area (Å²) in [6, 6.07) is 25.6. The van der Waals surface area contributed by atoms with E-state index in [1.54, 1.807) is 0 Å². The third-order valence-electron chi connectivity index (χ3n) is 6.30. The van der Waals surface area contributed by atoms with Gasteiger partial charge < -0.3 is 9.72 Å². The molecule has 5 nitrogen and oxygen atoms in total. The van der Waals surface area contributed by atoms with Crippen LogP contribution in [0.15, 0.2) is 116 Å². The van der Waals surface area contributed by atoms with Crippen LogP contribution in [0.3, 0.4) is 0 Å². The van der Waals surface area contributed by atoms with Gasteiger partial charge in [0, 0.05) is 66.9 Å². The Balaban J connectivity index is 1.40. The Hall–Kier alpha value is -4.51. The number of benzene rings is 2. The molecule has 6 rings (SSSR count). The van der Waals surface area contributed by atoms with Gasteiger partial charge in [-0.05, 0) is 76.2 Å². The molecule has 2 aromatic carbocycles. The molecule has 164 valence electrons. The van der Waals surface area contributed by atoms with E-state index in [9.17, 15) is 0 Å². The van der Waals surface area contributed by atoms with Crippen molar-refractivity contribution in [2.75, 3.05) is 11.9 Å². The molecule has 0 spiro atoms. The predicted octanol–water partition coefficient (Wildman–Crippen LogP) is 6.19. The largest absolute Gasteiger partial charge is 0.384 e. The van der Waals surface area contributed by atoms with E-state index in [2.05, 4.69) is 104 Å². The van der Waals surface area contributed by atoms with Gasteiger partial charge in [0.15, 0.2) is 0 Å². The Labute approximate surface area is 197 Å². The summed E-state index contributed by atoms with van der Waals surface area (Å²) < 4.78 is 2.06. The lowest BCUT2D eigenvalue weighted by Gasteiger charge is -2.20. The Morgan fingerprint density at radius 1 is 0.735 bits per heavy atom. The highest BCUT2D eigenvalue weighted by molar-refractivity contribution is 5.97. The number of nitrogens with one attached hydrogen (secondary N) is 1. The first-order chi connectivity index (χ1) is 16.8. The molecule has 4 aromatic heterocycles. The van der Waals surface area contributed by atoms with E-state index in [1.165, 1.54) is 27.5 Å². The third kappa shape index (κ3) is 3.88. The van der Waals surface area contributed by atoms with Crippen LogP contribution in [0, 0.1) is 0 Å². The maximum atomic E-state index is 4.37. The standard InChI is InChI=1S/C29H23N5/c1-2-4-26-23(3-1)17-25(24-5-6-29-32-15-16-34(29)20-24)18-28(26)33-19-27(21-7-11-30-12-8-21)22-9-13-31-14-10-22/h1-18,20,27,33H,19H2. The summed E-state index contributed by atoms with van der Waals surface area (Å²) in [4.78, 5) is 12.8. The number of fused-ring (bicyclic) bond motifs is 2. The van der Waals surface area contributed by atoms with E-state index in [1.807, 2.05) is 37.2 Å². The molecule has 0 fully saturated rings. The number of hydrogen-bond donors (Lipinski definition) is 1. The molecule has 6 aromatic rings. The molecule has 0 saturated heterocycles. The number of imidazole rings is 1. The Morgan fingerprint density at radius 2 is 1.47 bits per heavy atom. The van der Waals surface area contributed by atoms with Gasteiger partial charge in [0.2, 0.25) is 0 Å². The highest BCUT2D eigenvalue weighted by Gasteiger charge is 2.15. The van der Waals surface area contributed by atoms with Gasteiger partial charge in [0.1, 0.15) is 5.65 Å². The number of nitrogens with zero attached hydrogens (tertiary/aromatic N) is 4. The van der Waals surface area contributed by atoms with Crippen molar-refractivity contribution in [2.24, 2.45) is 0 Å². The zero-order chi connectivity index (χ0) is 22.7. The third-order valence-corrected chi connectivity index (χ3v) is 6.30. The van der Waals surface area contributed by atoms with Gasteiger partial charge in [0.05, 0.1) is 0 Å². The first-order valence-corrected chi connectivity index (χ1v) is 11.3. The average molecular weight is 442 g/mol. The lowest BCUT2D eigenvalue weighted by molar-refractivity contribution is 0.848. The summed E-state index contributed by atoms with van der Waals surface area (Å²) in [7, 11) is 0. The van der Waals surface area contributed by atoms with E-state index < -0.39 is 0 Å². The summed E-state index contributed by atoms with van der Waals surface area (Å²) in [5.41, 5.74) is 6.83. The van der Waals surface area contributed by atoms with E-state index in [4.69, 9.17) is 0 Å². The first kappa shape index (κ1) is 20.1. The summed E-state index contributed by atoms with van der Waals surface area (Å²) in [6.45, 7) is 0.752. The molecule has 5 heteroatoms. The van der Waals surface area contributed by atoms with Crippen LogP contribution >= 0.6 is 0 Å². The minimum atomic E-state index is 0.177. The van der Waals surface area contributed by atoms with Crippen molar-refractivity contribution in [1.82, 2.24) is 19.4 Å². The fraction of sp³-hybridized carbons (Fsp3) is 0.0690. The Kier molecular flexibility index (Phi) is 5.20. The molecule has 0 saturated carbocycles. The number of anilines is 1. The second-order valence-electron chi connectivity index (χ2n) is 8.35. The highest BCUT2D eigenvalue weighted by Crippen LogP contribution is 2.33. The molecule has 4 heterocycles. The smallest absolute Gasteiger partial charge is 0.136 e. The molecule has 0 amide bonds. The molecule has 0 aliphatic carbocycles. The Bertz CT molecular complexity index is 1520. The van der Waals surface area contributed by atoms with Crippen LogP contribution < -0.4 is 5.32 Å². The van der Waals surface area contributed by atoms with Crippen molar-refractivity contribution >= 4 is 22.1 Å². The maximum Gasteiger partial charge on any atom is 0.136 e. The number of pyridine rings is 3. The number of aromatic nitrogens is 4. The monoisotopic (exact) mass is 441 g/mol. The van der Waals surface area contributed by atoms with E-state index in [-0.39, 0.29) is 5.92 Å². The van der Waals surface area contributed by atoms with Crippen molar-refractivity contribution < 1.29 is 0 Å². The van der Waals surface area contributed by atoms with Crippen molar-refractivity contribution in [3.63, 3.8) is 0 Å². The zero-order valence-corrected chi connectivity index (χ0v) is 18.5. The van der Waals surface area contributed by atoms with Crippen LogP contribution in [0.5, 0.6) is 0 Å². The molecule has 1 N–H and O–H groups in total. The summed E-state index contributed by atoms with van der Waals surface area (Å²) in [5.74, 6) is 0.177. The van der Waals surface area contributed by atoms with Gasteiger partial charge in [-0.3, -0.25) is 9.97 Å². The quantitative estimate of drug-likeness (QED) is 0.335. The predicted molar refractivity (Wildman–Crippen MR) is 137 cm³/mol. The van der Waals surface area contributed by atoms with Gasteiger partial charge in [-0.1, -0.05) is 24.3 Å². The van der Waals surface area contributed by atoms with Crippen molar-refractivity contribution in [3.8, 4) is 11.1 Å². The molecule has 0 atom stereocenters. The van der Waals surface area contributed by atoms with Crippen molar-refractivity contribution in [3.05, 3.63) is 127 Å². The van der Waals surface area contributed by atoms with Crippen LogP contribution in [0.2, 0.25) is 0 Å². The minimum Gasteiger partial charge on any atom is -0.384 e. The molecule has 0 bridgehead atoms. The molecular formula is C29H23N5. The zero-order valence-electron chi connectivity index (χ0n) is 18.5. The lowest BCUT2D eigenvalue weighted by Crippen LogP contribution is -2.14. The van der Waals surface area contributed by atoms with Gasteiger partial charge in [0.25, 0.3) is 0 Å². The molecule has 0 aliphatic rings. The SMILES string of the molecule is c1ccc2c(NCC(c3ccncc3)c3ccncc3)cc(-c3ccc4nccn4c3)cc2c1. The second kappa shape index (κ2) is 8.79. The summed E-state index contributed by atoms with van der Waals surface area (Å²) in [5, 5.41) is 6.18. The molecule has 0 aliphatic heterocycles. The van der Waals surface area contributed by atoms with Crippen LogP contribution in [0.25, 0.3) is 27.5 Å². The molecule has 0 radical (unpaired) electrons. The fourth-order valence-corrected chi connectivity index (χ4v) is 4.55. The Morgan fingerprint density at radius 3 is 2.24 bits per heavy atom. The van der Waals surface area contributed by atoms with Gasteiger partial charge in [-0.2, -0.15) is 0 Å². The van der Waals surface area contributed by atoms with E-state index in [0.29, 0.717) is 0 Å². The molecular weight excluding hydrogens is 418 g/mol. The molecule has 0 unspecified atom stereocenters. The average Bonchev–Trinajstić information content (AvgIpc) is 3.38. The first-order valence-electron chi connectivity index (χ1n) is 11.3. The van der Waals surface area contributed by atoms with Crippen molar-refractivity contribution in [2.45, 2.75) is 5.92 Å². The minimum absolute atomic E-state index is 0.177. The number of rotatable bonds is 6. The van der Waals surface area contributed by atoms with Crippen LogP contribution in [0.4, 0.5) is 5.69 Å². The van der Waals surface area contributed by atoms with Crippen LogP contribution in [0.1, 0.15) is 17.0 Å². The second-order valence-corrected chi connectivity index (χ2v) is 8.35. The van der Waals surface area contributed by atoms with Gasteiger partial charge in [-0.15, -0.1) is 0 Å². The van der Waals surface area contributed by atoms with E-state index in [0.717, 1.165) is 23.4 Å². The topological polar surface area (TPSA) is 55.1 Å². The maximum absolute atomic E-state index is 4.37. The fourth-order valence-electron chi connectivity index (χ4n) is 4.55. The summed E-state index contributed by atoms with van der Waals surface area (Å²) in [6.07, 6.45) is 13.3. The van der Waals surface area contributed by atoms with E-state index >= 15 is 0 Å². The van der Waals surface area contributed by atoms with Gasteiger partial charge >= 0.3 is 0 Å². The lowest BCUT2D eigenvalue weighted by atomic mass is 9.92. The number of hydrogen-bond acceptors (Lipinski definition) is 4. The molecule has 34 heavy (non-hydrogen) atoms. The summed E-state index contributed by atoms with van der Waals surface area (Å²) >= 11 is 0. The van der Waals surface area contributed by atoms with Crippen LogP contribution in [-0.2, 0) is 0 Å². The highest BCUT2D eigenvalue weighted by atomic mass is 15.0. The van der Waals surface area contributed by atoms with Crippen molar-refractivity contribution in [1.29, 1.82) is 0 Å². The van der Waals surface area contributed by atoms with Gasteiger partial charge in [-0.25, -0.2) is 4.98 Å². The van der Waals surface area contributed by atoms with Crippen LogP contribution in [-0.4, -0.2) is 25.9 Å².